The van der Waals surface area contributed by atoms with E-state index in [2.05, 4.69) is 12.0 Å². The van der Waals surface area contributed by atoms with Crippen molar-refractivity contribution in [3.05, 3.63) is 47.4 Å². The van der Waals surface area contributed by atoms with Crippen LogP contribution >= 0.6 is 24.0 Å². The predicted molar refractivity (Wildman–Crippen MR) is 126 cm³/mol. The molecule has 162 valence electrons. The van der Waals surface area contributed by atoms with Gasteiger partial charge in [0.05, 0.1) is 10.3 Å². The van der Waals surface area contributed by atoms with Crippen LogP contribution in [0, 0.1) is 23.2 Å². The molecule has 0 unspecified atom stereocenters. The van der Waals surface area contributed by atoms with Crippen LogP contribution in [-0.4, -0.2) is 27.8 Å². The van der Waals surface area contributed by atoms with Gasteiger partial charge in [-0.05, 0) is 92.3 Å². The molecule has 6 rings (SSSR count). The second-order valence-corrected chi connectivity index (χ2v) is 11.0. The summed E-state index contributed by atoms with van der Waals surface area (Å²) in [6.07, 6.45) is 10.2. The Balaban J connectivity index is 1.28. The van der Waals surface area contributed by atoms with Crippen LogP contribution < -0.4 is 10.2 Å². The minimum Gasteiger partial charge on any atom is -0.490 e. The molecule has 5 aliphatic rings. The summed E-state index contributed by atoms with van der Waals surface area (Å²) in [5.41, 5.74) is 3.45. The number of thioether (sulfide) groups is 1. The molecular weight excluding hydrogens is 428 g/mol. The quantitative estimate of drug-likeness (QED) is 0.384. The molecule has 1 aromatic rings. The number of amides is 2. The van der Waals surface area contributed by atoms with E-state index in [1.807, 2.05) is 24.3 Å². The van der Waals surface area contributed by atoms with E-state index < -0.39 is 0 Å². The molecule has 0 atom stereocenters. The molecule has 0 aromatic heterocycles. The molecule has 5 fully saturated rings. The Morgan fingerprint density at radius 3 is 2.39 bits per heavy atom. The molecule has 4 bridgehead atoms. The molecule has 5 nitrogen and oxygen atoms in total. The fourth-order valence-corrected chi connectivity index (χ4v) is 7.32. The zero-order chi connectivity index (χ0) is 21.6. The van der Waals surface area contributed by atoms with Crippen molar-refractivity contribution in [2.75, 3.05) is 6.61 Å². The first kappa shape index (κ1) is 20.8. The van der Waals surface area contributed by atoms with Crippen molar-refractivity contribution in [1.29, 1.82) is 0 Å². The molecule has 4 saturated carbocycles. The molecule has 31 heavy (non-hydrogen) atoms. The Hall–Kier alpha value is -2.12. The molecular formula is C24H26N2O3S2. The standard InChI is InChI=1S/C24H26N2O3S2/c1-2-7-29-19-5-3-15(4-6-19)11-20-21(27)26(23(30)31-20)25-22(28)24-12-16-8-17(13-24)10-18(9-16)14-24/h2-6,11,16-18H,1,7-10,12-14H2,(H,25,28)/b20-11+. The highest BCUT2D eigenvalue weighted by atomic mass is 32.2. The highest BCUT2D eigenvalue weighted by Crippen LogP contribution is 2.60. The van der Waals surface area contributed by atoms with Crippen LogP contribution in [0.15, 0.2) is 41.8 Å². The van der Waals surface area contributed by atoms with Crippen molar-refractivity contribution >= 4 is 46.2 Å². The maximum Gasteiger partial charge on any atom is 0.285 e. The molecule has 4 aliphatic carbocycles. The number of ether oxygens (including phenoxy) is 1. The summed E-state index contributed by atoms with van der Waals surface area (Å²) in [6, 6.07) is 7.48. The summed E-state index contributed by atoms with van der Waals surface area (Å²) in [6.45, 7) is 4.08. The highest BCUT2D eigenvalue weighted by molar-refractivity contribution is 8.26. The number of nitrogens with zero attached hydrogens (tertiary/aromatic N) is 1. The van der Waals surface area contributed by atoms with Crippen molar-refractivity contribution in [3.63, 3.8) is 0 Å². The van der Waals surface area contributed by atoms with Crippen LogP contribution in [0.3, 0.4) is 0 Å². The van der Waals surface area contributed by atoms with Crippen LogP contribution in [0.1, 0.15) is 44.1 Å². The predicted octanol–water partition coefficient (Wildman–Crippen LogP) is 4.70. The van der Waals surface area contributed by atoms with Gasteiger partial charge in [-0.25, -0.2) is 0 Å². The minimum absolute atomic E-state index is 0.0205. The number of nitrogens with one attached hydrogen (secondary N) is 1. The van der Waals surface area contributed by atoms with Crippen molar-refractivity contribution < 1.29 is 14.3 Å². The Kier molecular flexibility index (Phi) is 5.42. The van der Waals surface area contributed by atoms with Crippen LogP contribution in [0.2, 0.25) is 0 Å². The van der Waals surface area contributed by atoms with Crippen LogP contribution in [0.5, 0.6) is 5.75 Å². The fourth-order valence-electron chi connectivity index (χ4n) is 6.14. The lowest BCUT2D eigenvalue weighted by Gasteiger charge is -2.55. The lowest BCUT2D eigenvalue weighted by atomic mass is 9.49. The summed E-state index contributed by atoms with van der Waals surface area (Å²) < 4.78 is 5.87. The van der Waals surface area contributed by atoms with E-state index in [-0.39, 0.29) is 17.2 Å². The van der Waals surface area contributed by atoms with E-state index in [1.165, 1.54) is 36.0 Å². The van der Waals surface area contributed by atoms with Gasteiger partial charge in [-0.1, -0.05) is 36.5 Å². The number of hydrogen-bond acceptors (Lipinski definition) is 5. The number of hydrazine groups is 1. The molecule has 0 spiro atoms. The lowest BCUT2D eigenvalue weighted by molar-refractivity contribution is -0.152. The van der Waals surface area contributed by atoms with Gasteiger partial charge in [0.1, 0.15) is 12.4 Å². The van der Waals surface area contributed by atoms with E-state index in [9.17, 15) is 9.59 Å². The third kappa shape index (κ3) is 3.94. The van der Waals surface area contributed by atoms with E-state index >= 15 is 0 Å². The summed E-state index contributed by atoms with van der Waals surface area (Å²) in [5, 5.41) is 1.27. The number of benzene rings is 1. The van der Waals surface area contributed by atoms with Gasteiger partial charge in [0.2, 0.25) is 5.91 Å². The van der Waals surface area contributed by atoms with Crippen LogP contribution in [-0.2, 0) is 9.59 Å². The molecule has 1 heterocycles. The zero-order valence-corrected chi connectivity index (χ0v) is 19.0. The molecule has 1 N–H and O–H groups in total. The normalized spacial score (nSPS) is 32.6. The Labute approximate surface area is 192 Å². The van der Waals surface area contributed by atoms with Gasteiger partial charge < -0.3 is 4.74 Å². The van der Waals surface area contributed by atoms with Gasteiger partial charge in [-0.15, -0.1) is 0 Å². The third-order valence-electron chi connectivity index (χ3n) is 7.07. The third-order valence-corrected chi connectivity index (χ3v) is 8.37. The maximum absolute atomic E-state index is 13.3. The topological polar surface area (TPSA) is 58.6 Å². The van der Waals surface area contributed by atoms with Gasteiger partial charge >= 0.3 is 0 Å². The van der Waals surface area contributed by atoms with Crippen molar-refractivity contribution in [1.82, 2.24) is 10.4 Å². The zero-order valence-electron chi connectivity index (χ0n) is 17.3. The van der Waals surface area contributed by atoms with Gasteiger partial charge in [0.25, 0.3) is 5.91 Å². The van der Waals surface area contributed by atoms with E-state index in [4.69, 9.17) is 17.0 Å². The molecule has 7 heteroatoms. The molecule has 1 aromatic carbocycles. The first-order chi connectivity index (χ1) is 15.0. The van der Waals surface area contributed by atoms with Crippen LogP contribution in [0.25, 0.3) is 6.08 Å². The Morgan fingerprint density at radius 1 is 1.19 bits per heavy atom. The van der Waals surface area contributed by atoms with Gasteiger partial charge in [0.15, 0.2) is 4.32 Å². The Morgan fingerprint density at radius 2 is 1.81 bits per heavy atom. The van der Waals surface area contributed by atoms with E-state index in [0.29, 0.717) is 33.6 Å². The number of thiocarbonyl (C=S) groups is 1. The van der Waals surface area contributed by atoms with E-state index in [1.54, 1.807) is 12.2 Å². The van der Waals surface area contributed by atoms with Gasteiger partial charge in [-0.2, -0.15) is 5.01 Å². The molecule has 2 amide bonds. The first-order valence-electron chi connectivity index (χ1n) is 10.9. The number of carbonyl (C=O) groups excluding carboxylic acids is 2. The summed E-state index contributed by atoms with van der Waals surface area (Å²) >= 11 is 6.65. The van der Waals surface area contributed by atoms with E-state index in [0.717, 1.165) is 30.6 Å². The SMILES string of the molecule is C=CCOc1ccc(/C=C2/SC(=S)N(NC(=O)C34CC5CC(CC(C5)C3)C4)C2=O)cc1. The number of carbonyl (C=O) groups is 2. The number of rotatable bonds is 6. The van der Waals surface area contributed by atoms with Crippen molar-refractivity contribution in [2.45, 2.75) is 38.5 Å². The average molecular weight is 455 g/mol. The molecule has 1 aliphatic heterocycles. The maximum atomic E-state index is 13.3. The molecule has 0 radical (unpaired) electrons. The Bertz CT molecular complexity index is 934. The second-order valence-electron chi connectivity index (χ2n) is 9.32. The first-order valence-corrected chi connectivity index (χ1v) is 12.1. The van der Waals surface area contributed by atoms with Gasteiger partial charge in [-0.3, -0.25) is 15.0 Å². The van der Waals surface area contributed by atoms with Crippen molar-refractivity contribution in [2.24, 2.45) is 23.2 Å². The highest BCUT2D eigenvalue weighted by Gasteiger charge is 2.55. The summed E-state index contributed by atoms with van der Waals surface area (Å²) in [5.74, 6) is 2.46. The largest absolute Gasteiger partial charge is 0.490 e. The molecule has 1 saturated heterocycles. The van der Waals surface area contributed by atoms with Crippen LogP contribution in [0.4, 0.5) is 0 Å². The summed E-state index contributed by atoms with van der Waals surface area (Å²) in [7, 11) is 0. The monoisotopic (exact) mass is 454 g/mol. The minimum atomic E-state index is -0.316. The van der Waals surface area contributed by atoms with Crippen molar-refractivity contribution in [3.8, 4) is 5.75 Å². The number of hydrogen-bond donors (Lipinski definition) is 1. The fraction of sp³-hybridized carbons (Fsp3) is 0.458. The second kappa shape index (κ2) is 8.10. The summed E-state index contributed by atoms with van der Waals surface area (Å²) in [4.78, 5) is 26.8. The average Bonchev–Trinajstić information content (AvgIpc) is 2.99. The lowest BCUT2D eigenvalue weighted by Crippen LogP contribution is -2.57. The van der Waals surface area contributed by atoms with Gasteiger partial charge in [0, 0.05) is 0 Å². The smallest absolute Gasteiger partial charge is 0.285 e.